The van der Waals surface area contributed by atoms with Crippen LogP contribution in [0.5, 0.6) is 0 Å². The Balaban J connectivity index is 2.06. The van der Waals surface area contributed by atoms with E-state index in [0.29, 0.717) is 17.4 Å². The minimum absolute atomic E-state index is 0.0125. The second-order valence-corrected chi connectivity index (χ2v) is 4.69. The van der Waals surface area contributed by atoms with Crippen LogP contribution in [0.3, 0.4) is 0 Å². The molecule has 0 spiro atoms. The molecule has 1 amide bonds. The van der Waals surface area contributed by atoms with Crippen LogP contribution in [0, 0.1) is 5.92 Å². The number of carbonyl (C=O) groups is 1. The zero-order valence-electron chi connectivity index (χ0n) is 10.7. The molecular weight excluding hydrogens is 228 g/mol. The molecule has 1 heterocycles. The molecule has 0 saturated heterocycles. The first-order valence-electron chi connectivity index (χ1n) is 6.47. The SMILES string of the molecule is CCN(CC1CCC1)C(=O)c1cccc(NN)n1. The Morgan fingerprint density at radius 2 is 2.33 bits per heavy atom. The molecule has 5 heteroatoms. The van der Waals surface area contributed by atoms with Gasteiger partial charge in [-0.3, -0.25) is 4.79 Å². The van der Waals surface area contributed by atoms with E-state index >= 15 is 0 Å². The van der Waals surface area contributed by atoms with E-state index in [9.17, 15) is 4.79 Å². The largest absolute Gasteiger partial charge is 0.337 e. The Morgan fingerprint density at radius 3 is 2.89 bits per heavy atom. The van der Waals surface area contributed by atoms with Crippen LogP contribution in [0.4, 0.5) is 5.82 Å². The minimum Gasteiger partial charge on any atom is -0.337 e. The van der Waals surface area contributed by atoms with E-state index in [0.717, 1.165) is 13.1 Å². The number of hydrogen-bond donors (Lipinski definition) is 2. The number of nitrogen functional groups attached to an aromatic ring is 1. The average molecular weight is 248 g/mol. The van der Waals surface area contributed by atoms with E-state index in [1.807, 2.05) is 11.8 Å². The minimum atomic E-state index is -0.0125. The zero-order chi connectivity index (χ0) is 13.0. The van der Waals surface area contributed by atoms with Gasteiger partial charge in [0.2, 0.25) is 0 Å². The number of nitrogens with one attached hydrogen (secondary N) is 1. The normalized spacial score (nSPS) is 15.0. The quantitative estimate of drug-likeness (QED) is 0.613. The van der Waals surface area contributed by atoms with Crippen molar-refractivity contribution in [1.82, 2.24) is 9.88 Å². The summed E-state index contributed by atoms with van der Waals surface area (Å²) in [6.45, 7) is 3.57. The van der Waals surface area contributed by atoms with Crippen LogP contribution < -0.4 is 11.3 Å². The van der Waals surface area contributed by atoms with Crippen molar-refractivity contribution in [2.45, 2.75) is 26.2 Å². The fraction of sp³-hybridized carbons (Fsp3) is 0.538. The van der Waals surface area contributed by atoms with Crippen molar-refractivity contribution in [2.75, 3.05) is 18.5 Å². The second-order valence-electron chi connectivity index (χ2n) is 4.69. The van der Waals surface area contributed by atoms with Gasteiger partial charge in [0.05, 0.1) is 0 Å². The standard InChI is InChI=1S/C13H20N4O/c1-2-17(9-10-5-3-6-10)13(18)11-7-4-8-12(15-11)16-14/h4,7-8,10H,2-3,5-6,9,14H2,1H3,(H,15,16). The fourth-order valence-electron chi connectivity index (χ4n) is 2.14. The summed E-state index contributed by atoms with van der Waals surface area (Å²) in [4.78, 5) is 18.4. The maximum Gasteiger partial charge on any atom is 0.272 e. The monoisotopic (exact) mass is 248 g/mol. The molecule has 0 aliphatic heterocycles. The lowest BCUT2D eigenvalue weighted by atomic mass is 9.85. The molecular formula is C13H20N4O. The summed E-state index contributed by atoms with van der Waals surface area (Å²) < 4.78 is 0. The van der Waals surface area contributed by atoms with Gasteiger partial charge in [0.25, 0.3) is 5.91 Å². The first-order chi connectivity index (χ1) is 8.74. The van der Waals surface area contributed by atoms with E-state index in [1.54, 1.807) is 18.2 Å². The molecule has 0 radical (unpaired) electrons. The lowest BCUT2D eigenvalue weighted by Crippen LogP contribution is -2.37. The topological polar surface area (TPSA) is 71.2 Å². The van der Waals surface area contributed by atoms with Gasteiger partial charge in [0.1, 0.15) is 11.5 Å². The predicted octanol–water partition coefficient (Wildman–Crippen LogP) is 1.63. The summed E-state index contributed by atoms with van der Waals surface area (Å²) in [6, 6.07) is 5.25. The summed E-state index contributed by atoms with van der Waals surface area (Å²) in [5, 5.41) is 0. The highest BCUT2D eigenvalue weighted by Gasteiger charge is 2.24. The van der Waals surface area contributed by atoms with Crippen molar-refractivity contribution >= 4 is 11.7 Å². The van der Waals surface area contributed by atoms with Gasteiger partial charge in [-0.05, 0) is 37.8 Å². The lowest BCUT2D eigenvalue weighted by Gasteiger charge is -2.31. The van der Waals surface area contributed by atoms with E-state index in [-0.39, 0.29) is 5.91 Å². The molecule has 2 rings (SSSR count). The third kappa shape index (κ3) is 2.79. The highest BCUT2D eigenvalue weighted by Crippen LogP contribution is 2.27. The van der Waals surface area contributed by atoms with Crippen molar-refractivity contribution in [3.05, 3.63) is 23.9 Å². The number of aromatic nitrogens is 1. The van der Waals surface area contributed by atoms with Crippen LogP contribution >= 0.6 is 0 Å². The zero-order valence-corrected chi connectivity index (χ0v) is 10.7. The average Bonchev–Trinajstić information content (AvgIpc) is 2.37. The van der Waals surface area contributed by atoms with Crippen molar-refractivity contribution in [1.29, 1.82) is 0 Å². The van der Waals surface area contributed by atoms with Crippen molar-refractivity contribution < 1.29 is 4.79 Å². The summed E-state index contributed by atoms with van der Waals surface area (Å²) in [5.74, 6) is 6.47. The number of hydrazine groups is 1. The van der Waals surface area contributed by atoms with Gasteiger partial charge in [0, 0.05) is 13.1 Å². The van der Waals surface area contributed by atoms with E-state index < -0.39 is 0 Å². The molecule has 1 aliphatic rings. The van der Waals surface area contributed by atoms with E-state index in [4.69, 9.17) is 5.84 Å². The smallest absolute Gasteiger partial charge is 0.272 e. The van der Waals surface area contributed by atoms with Crippen LogP contribution in [-0.2, 0) is 0 Å². The number of carbonyl (C=O) groups excluding carboxylic acids is 1. The summed E-state index contributed by atoms with van der Waals surface area (Å²) >= 11 is 0. The molecule has 1 aromatic heterocycles. The number of anilines is 1. The molecule has 0 unspecified atom stereocenters. The number of nitrogens with two attached hydrogens (primary N) is 1. The van der Waals surface area contributed by atoms with Gasteiger partial charge in [-0.1, -0.05) is 12.5 Å². The highest BCUT2D eigenvalue weighted by atomic mass is 16.2. The molecule has 0 atom stereocenters. The number of nitrogens with zero attached hydrogens (tertiary/aromatic N) is 2. The third-order valence-electron chi connectivity index (χ3n) is 3.49. The van der Waals surface area contributed by atoms with Crippen molar-refractivity contribution in [2.24, 2.45) is 11.8 Å². The molecule has 0 aromatic carbocycles. The Morgan fingerprint density at radius 1 is 1.56 bits per heavy atom. The van der Waals surface area contributed by atoms with Crippen LogP contribution in [-0.4, -0.2) is 28.9 Å². The van der Waals surface area contributed by atoms with Crippen LogP contribution in [0.1, 0.15) is 36.7 Å². The first-order valence-corrected chi connectivity index (χ1v) is 6.47. The summed E-state index contributed by atoms with van der Waals surface area (Å²) in [6.07, 6.45) is 3.77. The number of pyridine rings is 1. The molecule has 18 heavy (non-hydrogen) atoms. The molecule has 1 saturated carbocycles. The summed E-state index contributed by atoms with van der Waals surface area (Å²) in [7, 11) is 0. The Bertz CT molecular complexity index is 417. The van der Waals surface area contributed by atoms with Gasteiger partial charge in [0.15, 0.2) is 0 Å². The van der Waals surface area contributed by atoms with Crippen molar-refractivity contribution in [3.63, 3.8) is 0 Å². The van der Waals surface area contributed by atoms with Gasteiger partial charge < -0.3 is 10.3 Å². The van der Waals surface area contributed by atoms with Gasteiger partial charge >= 0.3 is 0 Å². The Labute approximate surface area is 107 Å². The van der Waals surface area contributed by atoms with E-state index in [1.165, 1.54) is 19.3 Å². The molecule has 3 N–H and O–H groups in total. The van der Waals surface area contributed by atoms with Crippen molar-refractivity contribution in [3.8, 4) is 0 Å². The Kier molecular flexibility index (Phi) is 4.15. The van der Waals surface area contributed by atoms with E-state index in [2.05, 4.69) is 10.4 Å². The first kappa shape index (κ1) is 12.8. The van der Waals surface area contributed by atoms with Gasteiger partial charge in [-0.15, -0.1) is 0 Å². The Hall–Kier alpha value is -1.62. The van der Waals surface area contributed by atoms with Gasteiger partial charge in [-0.2, -0.15) is 0 Å². The molecule has 5 nitrogen and oxygen atoms in total. The van der Waals surface area contributed by atoms with Crippen LogP contribution in [0.15, 0.2) is 18.2 Å². The maximum atomic E-state index is 12.3. The lowest BCUT2D eigenvalue weighted by molar-refractivity contribution is 0.0701. The van der Waals surface area contributed by atoms with Crippen LogP contribution in [0.25, 0.3) is 0 Å². The summed E-state index contributed by atoms with van der Waals surface area (Å²) in [5.41, 5.74) is 2.91. The number of rotatable bonds is 5. The maximum absolute atomic E-state index is 12.3. The molecule has 1 aliphatic carbocycles. The molecule has 98 valence electrons. The highest BCUT2D eigenvalue weighted by molar-refractivity contribution is 5.92. The number of amides is 1. The fourth-order valence-corrected chi connectivity index (χ4v) is 2.14. The van der Waals surface area contributed by atoms with Crippen LogP contribution in [0.2, 0.25) is 0 Å². The molecule has 1 aromatic rings. The molecule has 0 bridgehead atoms. The molecule has 1 fully saturated rings. The third-order valence-corrected chi connectivity index (χ3v) is 3.49. The predicted molar refractivity (Wildman–Crippen MR) is 71.0 cm³/mol. The van der Waals surface area contributed by atoms with Gasteiger partial charge in [-0.25, -0.2) is 10.8 Å². The second kappa shape index (κ2) is 5.82. The number of hydrogen-bond acceptors (Lipinski definition) is 4.